The Kier molecular flexibility index (Phi) is 5.65. The van der Waals surface area contributed by atoms with E-state index in [-0.39, 0.29) is 22.8 Å². The average molecular weight is 355 g/mol. The van der Waals surface area contributed by atoms with E-state index in [9.17, 15) is 4.79 Å². The van der Waals surface area contributed by atoms with Gasteiger partial charge in [0.15, 0.2) is 0 Å². The zero-order chi connectivity index (χ0) is 19.5. The maximum absolute atomic E-state index is 11.9. The number of piperidine rings is 1. The first kappa shape index (κ1) is 19.8. The Labute approximate surface area is 156 Å². The minimum absolute atomic E-state index is 0.0698. The summed E-state index contributed by atoms with van der Waals surface area (Å²) in [7, 11) is 1.32. The highest BCUT2D eigenvalue weighted by atomic mass is 16.5. The smallest absolute Gasteiger partial charge is 0.354 e. The third kappa shape index (κ3) is 4.19. The summed E-state index contributed by atoms with van der Waals surface area (Å²) in [6.07, 6.45) is 2.90. The number of nitrogens with zero attached hydrogens (tertiary/aromatic N) is 2. The fourth-order valence-electron chi connectivity index (χ4n) is 4.33. The molecule has 0 unspecified atom stereocenters. The molecule has 5 heteroatoms. The summed E-state index contributed by atoms with van der Waals surface area (Å²) in [6.45, 7) is 11.0. The van der Waals surface area contributed by atoms with Gasteiger partial charge in [-0.25, -0.2) is 4.79 Å². The summed E-state index contributed by atoms with van der Waals surface area (Å²) in [5.41, 5.74) is 2.41. The van der Waals surface area contributed by atoms with Gasteiger partial charge in [-0.2, -0.15) is 5.26 Å². The fourth-order valence-corrected chi connectivity index (χ4v) is 4.33. The van der Waals surface area contributed by atoms with Crippen LogP contribution in [0.15, 0.2) is 36.0 Å². The van der Waals surface area contributed by atoms with Crippen LogP contribution in [-0.4, -0.2) is 30.2 Å². The molecule has 140 valence electrons. The molecule has 0 saturated carbocycles. The molecule has 0 bridgehead atoms. The zero-order valence-electron chi connectivity index (χ0n) is 16.6. The molecule has 0 radical (unpaired) electrons. The largest absolute Gasteiger partial charge is 0.464 e. The van der Waals surface area contributed by atoms with Crippen molar-refractivity contribution >= 4 is 11.7 Å². The van der Waals surface area contributed by atoms with Crippen LogP contribution in [0.1, 0.15) is 46.1 Å². The lowest BCUT2D eigenvalue weighted by molar-refractivity contribution is -0.136. The second-order valence-corrected chi connectivity index (χ2v) is 8.22. The van der Waals surface area contributed by atoms with Gasteiger partial charge in [0.2, 0.25) is 0 Å². The van der Waals surface area contributed by atoms with Crippen molar-refractivity contribution in [3.8, 4) is 6.07 Å². The molecule has 0 amide bonds. The highest BCUT2D eigenvalue weighted by molar-refractivity contribution is 5.88. The third-order valence-corrected chi connectivity index (χ3v) is 4.97. The summed E-state index contributed by atoms with van der Waals surface area (Å²) in [4.78, 5) is 14.4. The summed E-state index contributed by atoms with van der Waals surface area (Å²) < 4.78 is 4.78. The van der Waals surface area contributed by atoms with E-state index in [0.717, 1.165) is 12.8 Å². The number of aryl methyl sites for hydroxylation is 1. The molecule has 1 aromatic carbocycles. The van der Waals surface area contributed by atoms with Crippen LogP contribution in [0.3, 0.4) is 0 Å². The summed E-state index contributed by atoms with van der Waals surface area (Å²) in [5.74, 6) is -0.511. The van der Waals surface area contributed by atoms with Gasteiger partial charge in [0.05, 0.1) is 13.2 Å². The Morgan fingerprint density at radius 1 is 1.23 bits per heavy atom. The number of nitrogens with one attached hydrogen (secondary N) is 1. The Hall–Kier alpha value is -2.48. The molecule has 26 heavy (non-hydrogen) atoms. The van der Waals surface area contributed by atoms with Gasteiger partial charge in [0, 0.05) is 28.9 Å². The van der Waals surface area contributed by atoms with Crippen molar-refractivity contribution in [2.75, 3.05) is 12.0 Å². The number of carbonyl (C=O) groups excluding carboxylic acids is 1. The van der Waals surface area contributed by atoms with Gasteiger partial charge in [-0.3, -0.25) is 0 Å². The van der Waals surface area contributed by atoms with Crippen LogP contribution in [0.25, 0.3) is 0 Å². The predicted octanol–water partition coefficient (Wildman–Crippen LogP) is 3.69. The lowest BCUT2D eigenvalue weighted by Crippen LogP contribution is -2.64. The number of nitriles is 1. The van der Waals surface area contributed by atoms with Crippen molar-refractivity contribution in [2.24, 2.45) is 0 Å². The number of allylic oxidation sites excluding steroid dienone is 1. The minimum atomic E-state index is -0.511. The molecule has 1 saturated heterocycles. The van der Waals surface area contributed by atoms with E-state index < -0.39 is 5.97 Å². The number of hydrogen-bond acceptors (Lipinski definition) is 5. The maximum atomic E-state index is 11.9. The van der Waals surface area contributed by atoms with Crippen LogP contribution >= 0.6 is 0 Å². The molecular formula is C21H29N3O2. The normalized spacial score (nSPS) is 19.6. The van der Waals surface area contributed by atoms with Crippen molar-refractivity contribution in [1.82, 2.24) is 5.32 Å². The second kappa shape index (κ2) is 7.41. The first-order chi connectivity index (χ1) is 12.1. The van der Waals surface area contributed by atoms with E-state index >= 15 is 0 Å². The van der Waals surface area contributed by atoms with Crippen LogP contribution < -0.4 is 10.2 Å². The van der Waals surface area contributed by atoms with Gasteiger partial charge in [0.25, 0.3) is 0 Å². The fraction of sp³-hybridized carbons (Fsp3) is 0.524. The van der Waals surface area contributed by atoms with Crippen molar-refractivity contribution in [3.63, 3.8) is 0 Å². The molecule has 0 atom stereocenters. The summed E-state index contributed by atoms with van der Waals surface area (Å²) in [5, 5.41) is 12.2. The highest BCUT2D eigenvalue weighted by Gasteiger charge is 2.45. The molecule has 1 aliphatic rings. The quantitative estimate of drug-likeness (QED) is 0.507. The van der Waals surface area contributed by atoms with E-state index in [2.05, 4.69) is 69.1 Å². The molecule has 0 spiro atoms. The lowest BCUT2D eigenvalue weighted by atomic mass is 9.76. The van der Waals surface area contributed by atoms with Gasteiger partial charge < -0.3 is 15.0 Å². The predicted molar refractivity (Wildman–Crippen MR) is 104 cm³/mol. The molecule has 5 nitrogen and oxygen atoms in total. The number of esters is 1. The number of rotatable bonds is 4. The summed E-state index contributed by atoms with van der Waals surface area (Å²) in [6, 6.07) is 10.6. The Morgan fingerprint density at radius 2 is 1.77 bits per heavy atom. The molecule has 1 fully saturated rings. The molecule has 1 heterocycles. The first-order valence-corrected chi connectivity index (χ1v) is 8.92. The summed E-state index contributed by atoms with van der Waals surface area (Å²) >= 11 is 0. The van der Waals surface area contributed by atoms with E-state index in [4.69, 9.17) is 10.00 Å². The van der Waals surface area contributed by atoms with Crippen LogP contribution in [-0.2, 0) is 9.53 Å². The van der Waals surface area contributed by atoms with Crippen molar-refractivity contribution < 1.29 is 9.53 Å². The molecule has 1 aromatic rings. The average Bonchev–Trinajstić information content (AvgIpc) is 2.53. The van der Waals surface area contributed by atoms with Crippen LogP contribution in [0, 0.1) is 18.3 Å². The van der Waals surface area contributed by atoms with Gasteiger partial charge in [-0.15, -0.1) is 0 Å². The highest BCUT2D eigenvalue weighted by Crippen LogP contribution is 2.42. The van der Waals surface area contributed by atoms with Crippen molar-refractivity contribution in [1.29, 1.82) is 5.26 Å². The van der Waals surface area contributed by atoms with E-state index in [1.54, 1.807) is 0 Å². The first-order valence-electron chi connectivity index (χ1n) is 8.92. The Balaban J connectivity index is 2.29. The van der Waals surface area contributed by atoms with Gasteiger partial charge >= 0.3 is 5.97 Å². The van der Waals surface area contributed by atoms with Crippen LogP contribution in [0.2, 0.25) is 0 Å². The molecule has 0 aliphatic carbocycles. The van der Waals surface area contributed by atoms with Gasteiger partial charge in [-0.05, 0) is 59.6 Å². The number of anilines is 1. The number of methoxy groups -OCH3 is 1. The molecule has 1 aliphatic heterocycles. The molecular weight excluding hydrogens is 326 g/mol. The molecule has 1 N–H and O–H groups in total. The number of carbonyl (C=O) groups is 1. The SMILES string of the molecule is COC(=O)/C(=C\C#N)NC1CC(C)(C)N(c2ccc(C)cc2)C(C)(C)C1. The maximum Gasteiger partial charge on any atom is 0.354 e. The lowest BCUT2D eigenvalue weighted by Gasteiger charge is -2.57. The second-order valence-electron chi connectivity index (χ2n) is 8.22. The van der Waals surface area contributed by atoms with Crippen molar-refractivity contribution in [2.45, 2.75) is 64.6 Å². The Bertz CT molecular complexity index is 709. The van der Waals surface area contributed by atoms with Crippen LogP contribution in [0.4, 0.5) is 5.69 Å². The number of hydrogen-bond donors (Lipinski definition) is 1. The van der Waals surface area contributed by atoms with Gasteiger partial charge in [0.1, 0.15) is 5.70 Å². The van der Waals surface area contributed by atoms with Crippen molar-refractivity contribution in [3.05, 3.63) is 41.6 Å². The zero-order valence-corrected chi connectivity index (χ0v) is 16.6. The molecule has 0 aromatic heterocycles. The minimum Gasteiger partial charge on any atom is -0.464 e. The Morgan fingerprint density at radius 3 is 2.23 bits per heavy atom. The van der Waals surface area contributed by atoms with Crippen LogP contribution in [0.5, 0.6) is 0 Å². The number of ether oxygens (including phenoxy) is 1. The topological polar surface area (TPSA) is 65.4 Å². The number of benzene rings is 1. The molecule has 2 rings (SSSR count). The van der Waals surface area contributed by atoms with E-state index in [0.29, 0.717) is 0 Å². The standard InChI is InChI=1S/C21H29N3O2/c1-15-7-9-17(10-8-15)24-20(2,3)13-16(14-21(24,4)5)23-18(11-12-22)19(25)26-6/h7-11,16,23H,13-14H2,1-6H3/b18-11+. The van der Waals surface area contributed by atoms with Gasteiger partial charge in [-0.1, -0.05) is 17.7 Å². The van der Waals surface area contributed by atoms with E-state index in [1.807, 2.05) is 6.07 Å². The monoisotopic (exact) mass is 355 g/mol. The third-order valence-electron chi connectivity index (χ3n) is 4.97. The van der Waals surface area contributed by atoms with E-state index in [1.165, 1.54) is 24.4 Å².